The Kier molecular flexibility index (Phi) is 7.13. The summed E-state index contributed by atoms with van der Waals surface area (Å²) in [4.78, 5) is 35.3. The highest BCUT2D eigenvalue weighted by Gasteiger charge is 2.22. The number of carbonyl (C=O) groups is 3. The average molecular weight is 333 g/mol. The number of hydrogen-bond acceptors (Lipinski definition) is 6. The van der Waals surface area contributed by atoms with E-state index in [0.717, 1.165) is 4.90 Å². The zero-order chi connectivity index (χ0) is 17.2. The van der Waals surface area contributed by atoms with Crippen molar-refractivity contribution in [3.8, 4) is 0 Å². The van der Waals surface area contributed by atoms with Gasteiger partial charge in [-0.2, -0.15) is 0 Å². The van der Waals surface area contributed by atoms with E-state index in [9.17, 15) is 14.4 Å². The molecule has 1 aliphatic heterocycles. The Hall–Kier alpha value is -2.51. The van der Waals surface area contributed by atoms with E-state index in [1.807, 2.05) is 6.07 Å². The maximum absolute atomic E-state index is 11.6. The van der Waals surface area contributed by atoms with Crippen molar-refractivity contribution in [3.05, 3.63) is 48.0 Å². The van der Waals surface area contributed by atoms with Crippen LogP contribution >= 0.6 is 0 Å². The first-order valence-corrected chi connectivity index (χ1v) is 7.59. The zero-order valence-electron chi connectivity index (χ0n) is 13.2. The molecule has 128 valence electrons. The second kappa shape index (κ2) is 9.59. The summed E-state index contributed by atoms with van der Waals surface area (Å²) in [7, 11) is 0. The summed E-state index contributed by atoms with van der Waals surface area (Å²) in [6, 6.07) is 8.73. The average Bonchev–Trinajstić information content (AvgIpc) is 2.92. The smallest absolute Gasteiger partial charge is 0.338 e. The lowest BCUT2D eigenvalue weighted by Gasteiger charge is -2.13. The highest BCUT2D eigenvalue weighted by molar-refractivity contribution is 6.12. The third-order valence-corrected chi connectivity index (χ3v) is 3.20. The highest BCUT2D eigenvalue weighted by atomic mass is 16.6. The molecule has 0 radical (unpaired) electrons. The first-order chi connectivity index (χ1) is 11.7. The molecule has 0 spiro atoms. The largest absolute Gasteiger partial charge is 0.460 e. The van der Waals surface area contributed by atoms with Gasteiger partial charge < -0.3 is 14.2 Å². The fourth-order valence-electron chi connectivity index (χ4n) is 1.98. The first kappa shape index (κ1) is 17.8. The second-order valence-electron chi connectivity index (χ2n) is 4.89. The quantitative estimate of drug-likeness (QED) is 0.358. The topological polar surface area (TPSA) is 82.1 Å². The summed E-state index contributed by atoms with van der Waals surface area (Å²) < 4.78 is 15.6. The van der Waals surface area contributed by atoms with E-state index in [1.165, 1.54) is 12.2 Å². The van der Waals surface area contributed by atoms with Crippen molar-refractivity contribution in [2.24, 2.45) is 0 Å². The highest BCUT2D eigenvalue weighted by Crippen LogP contribution is 2.02. The standard InChI is InChI=1S/C17H19NO6/c19-15-6-7-16(20)18(15)8-9-22-10-11-23-12-13-24-17(21)14-4-2-1-3-5-14/h1-7H,8-13H2. The molecule has 0 aliphatic carbocycles. The van der Waals surface area contributed by atoms with E-state index in [4.69, 9.17) is 14.2 Å². The molecule has 2 rings (SSSR count). The molecule has 1 aromatic carbocycles. The van der Waals surface area contributed by atoms with Gasteiger partial charge in [0.15, 0.2) is 0 Å². The van der Waals surface area contributed by atoms with Gasteiger partial charge in [0.25, 0.3) is 11.8 Å². The Balaban J connectivity index is 1.44. The van der Waals surface area contributed by atoms with Crippen LogP contribution in [0.1, 0.15) is 10.4 Å². The Morgan fingerprint density at radius 3 is 2.08 bits per heavy atom. The number of hydrogen-bond donors (Lipinski definition) is 0. The molecule has 0 aromatic heterocycles. The van der Waals surface area contributed by atoms with Gasteiger partial charge in [-0.1, -0.05) is 18.2 Å². The molecule has 0 fully saturated rings. The van der Waals surface area contributed by atoms with Crippen LogP contribution in [0.3, 0.4) is 0 Å². The number of carbonyl (C=O) groups excluding carboxylic acids is 3. The molecule has 2 amide bonds. The van der Waals surface area contributed by atoms with Crippen molar-refractivity contribution in [1.82, 2.24) is 4.90 Å². The van der Waals surface area contributed by atoms with E-state index in [0.29, 0.717) is 18.8 Å². The number of ether oxygens (including phenoxy) is 3. The maximum Gasteiger partial charge on any atom is 0.338 e. The molecule has 0 saturated heterocycles. The Labute approximate surface area is 139 Å². The minimum absolute atomic E-state index is 0.163. The van der Waals surface area contributed by atoms with Crippen molar-refractivity contribution in [1.29, 1.82) is 0 Å². The molecule has 0 atom stereocenters. The van der Waals surface area contributed by atoms with Crippen LogP contribution in [0.2, 0.25) is 0 Å². The van der Waals surface area contributed by atoms with Crippen LogP contribution in [-0.2, 0) is 23.8 Å². The second-order valence-corrected chi connectivity index (χ2v) is 4.89. The SMILES string of the molecule is O=C(OCCOCCOCCN1C(=O)C=CC1=O)c1ccccc1. The predicted octanol–water partition coefficient (Wildman–Crippen LogP) is 0.802. The van der Waals surface area contributed by atoms with Crippen molar-refractivity contribution in [2.45, 2.75) is 0 Å². The van der Waals surface area contributed by atoms with E-state index in [1.54, 1.807) is 24.3 Å². The molecule has 7 nitrogen and oxygen atoms in total. The van der Waals surface area contributed by atoms with Crippen LogP contribution in [0, 0.1) is 0 Å². The van der Waals surface area contributed by atoms with E-state index < -0.39 is 0 Å². The van der Waals surface area contributed by atoms with Crippen LogP contribution in [0.15, 0.2) is 42.5 Å². The molecule has 0 saturated carbocycles. The van der Waals surface area contributed by atoms with E-state index in [-0.39, 0.29) is 44.1 Å². The molecule has 1 heterocycles. The summed E-state index contributed by atoms with van der Waals surface area (Å²) in [5.41, 5.74) is 0.501. The number of esters is 1. The Morgan fingerprint density at radius 1 is 0.833 bits per heavy atom. The van der Waals surface area contributed by atoms with Crippen LogP contribution < -0.4 is 0 Å². The van der Waals surface area contributed by atoms with Gasteiger partial charge in [-0.3, -0.25) is 14.5 Å². The van der Waals surface area contributed by atoms with Crippen molar-refractivity contribution in [2.75, 3.05) is 39.6 Å². The minimum Gasteiger partial charge on any atom is -0.460 e. The van der Waals surface area contributed by atoms with Crippen molar-refractivity contribution >= 4 is 17.8 Å². The van der Waals surface area contributed by atoms with Crippen molar-refractivity contribution in [3.63, 3.8) is 0 Å². The molecule has 0 N–H and O–H groups in total. The molecule has 1 aliphatic rings. The molecule has 1 aromatic rings. The van der Waals surface area contributed by atoms with Crippen LogP contribution in [0.25, 0.3) is 0 Å². The number of amides is 2. The molecule has 24 heavy (non-hydrogen) atoms. The van der Waals surface area contributed by atoms with Gasteiger partial charge in [-0.25, -0.2) is 4.79 Å². The van der Waals surface area contributed by atoms with Gasteiger partial charge >= 0.3 is 5.97 Å². The van der Waals surface area contributed by atoms with Crippen LogP contribution in [-0.4, -0.2) is 62.3 Å². The molecular formula is C17H19NO6. The van der Waals surface area contributed by atoms with Gasteiger partial charge in [-0.15, -0.1) is 0 Å². The third-order valence-electron chi connectivity index (χ3n) is 3.20. The summed E-state index contributed by atoms with van der Waals surface area (Å²) in [6.45, 7) is 1.58. The fourth-order valence-corrected chi connectivity index (χ4v) is 1.98. The summed E-state index contributed by atoms with van der Waals surface area (Å²) >= 11 is 0. The summed E-state index contributed by atoms with van der Waals surface area (Å²) in [5, 5.41) is 0. The summed E-state index contributed by atoms with van der Waals surface area (Å²) in [6.07, 6.45) is 2.48. The lowest BCUT2D eigenvalue weighted by molar-refractivity contribution is -0.137. The van der Waals surface area contributed by atoms with Crippen LogP contribution in [0.5, 0.6) is 0 Å². The monoisotopic (exact) mass is 333 g/mol. The van der Waals surface area contributed by atoms with E-state index in [2.05, 4.69) is 0 Å². The molecule has 7 heteroatoms. The minimum atomic E-state index is -0.385. The first-order valence-electron chi connectivity index (χ1n) is 7.59. The number of rotatable bonds is 10. The maximum atomic E-state index is 11.6. The lowest BCUT2D eigenvalue weighted by Crippen LogP contribution is -2.33. The number of nitrogens with zero attached hydrogens (tertiary/aromatic N) is 1. The zero-order valence-corrected chi connectivity index (χ0v) is 13.2. The number of benzene rings is 1. The van der Waals surface area contributed by atoms with Gasteiger partial charge in [0, 0.05) is 12.2 Å². The lowest BCUT2D eigenvalue weighted by atomic mass is 10.2. The normalized spacial score (nSPS) is 13.6. The van der Waals surface area contributed by atoms with Gasteiger partial charge in [0.1, 0.15) is 6.61 Å². The third kappa shape index (κ3) is 5.60. The summed E-state index contributed by atoms with van der Waals surface area (Å²) in [5.74, 6) is -1.02. The Bertz CT molecular complexity index is 580. The molecule has 0 bridgehead atoms. The molecule has 0 unspecified atom stereocenters. The predicted molar refractivity (Wildman–Crippen MR) is 84.2 cm³/mol. The molecular weight excluding hydrogens is 314 g/mol. The Morgan fingerprint density at radius 2 is 1.42 bits per heavy atom. The van der Waals surface area contributed by atoms with Gasteiger partial charge in [0.2, 0.25) is 0 Å². The number of imide groups is 1. The van der Waals surface area contributed by atoms with Crippen molar-refractivity contribution < 1.29 is 28.6 Å². The van der Waals surface area contributed by atoms with Gasteiger partial charge in [0.05, 0.1) is 38.5 Å². The fraction of sp³-hybridized carbons (Fsp3) is 0.353. The van der Waals surface area contributed by atoms with Crippen LogP contribution in [0.4, 0.5) is 0 Å². The van der Waals surface area contributed by atoms with Gasteiger partial charge in [-0.05, 0) is 12.1 Å². The van der Waals surface area contributed by atoms with E-state index >= 15 is 0 Å².